The topological polar surface area (TPSA) is 34.9 Å². The van der Waals surface area contributed by atoms with E-state index in [1.54, 1.807) is 18.2 Å². The summed E-state index contributed by atoms with van der Waals surface area (Å²) in [6.07, 6.45) is 2.12. The van der Waals surface area contributed by atoms with Gasteiger partial charge in [0.05, 0.1) is 12.1 Å². The Hall–Kier alpha value is -1.32. The van der Waals surface area contributed by atoms with Gasteiger partial charge in [-0.05, 0) is 38.1 Å². The molecular weight excluding hydrogens is 283 g/mol. The predicted molar refractivity (Wildman–Crippen MR) is 77.1 cm³/mol. The van der Waals surface area contributed by atoms with E-state index in [0.717, 1.165) is 5.69 Å². The molecular formula is C14H14Cl2N2O. The zero-order chi connectivity index (χ0) is 14.0. The molecule has 2 rings (SSSR count). The Bertz CT molecular complexity index is 585. The number of carbonyl (C=O) groups excluding carboxylic acids is 1. The number of nitrogens with zero attached hydrogens (tertiary/aromatic N) is 2. The Balaban J connectivity index is 2.15. The summed E-state index contributed by atoms with van der Waals surface area (Å²) in [7, 11) is 0. The highest BCUT2D eigenvalue weighted by Crippen LogP contribution is 2.20. The summed E-state index contributed by atoms with van der Waals surface area (Å²) in [5.41, 5.74) is 1.26. The molecule has 0 spiro atoms. The molecule has 0 saturated heterocycles. The first kappa shape index (κ1) is 14.1. The van der Waals surface area contributed by atoms with Crippen molar-refractivity contribution < 1.29 is 4.79 Å². The number of hydrogen-bond donors (Lipinski definition) is 0. The van der Waals surface area contributed by atoms with Crippen molar-refractivity contribution in [1.82, 2.24) is 9.78 Å². The van der Waals surface area contributed by atoms with E-state index in [-0.39, 0.29) is 18.2 Å². The minimum Gasteiger partial charge on any atom is -0.294 e. The molecule has 0 N–H and O–H groups in total. The molecule has 0 fully saturated rings. The van der Waals surface area contributed by atoms with Crippen molar-refractivity contribution >= 4 is 29.0 Å². The maximum absolute atomic E-state index is 12.1. The second kappa shape index (κ2) is 5.76. The molecule has 100 valence electrons. The van der Waals surface area contributed by atoms with Crippen LogP contribution in [-0.4, -0.2) is 15.6 Å². The van der Waals surface area contributed by atoms with Crippen LogP contribution >= 0.6 is 23.2 Å². The Morgan fingerprint density at radius 1 is 1.26 bits per heavy atom. The normalized spacial score (nSPS) is 11.0. The van der Waals surface area contributed by atoms with Gasteiger partial charge < -0.3 is 0 Å². The van der Waals surface area contributed by atoms with E-state index in [4.69, 9.17) is 23.2 Å². The smallest absolute Gasteiger partial charge is 0.168 e. The van der Waals surface area contributed by atoms with Crippen molar-refractivity contribution in [1.29, 1.82) is 0 Å². The van der Waals surface area contributed by atoms with Gasteiger partial charge in [0.1, 0.15) is 0 Å². The lowest BCUT2D eigenvalue weighted by Gasteiger charge is -2.04. The van der Waals surface area contributed by atoms with Crippen LogP contribution in [0, 0.1) is 0 Å². The van der Waals surface area contributed by atoms with E-state index in [0.29, 0.717) is 15.6 Å². The molecule has 1 aromatic carbocycles. The van der Waals surface area contributed by atoms with Gasteiger partial charge in [-0.15, -0.1) is 0 Å². The first-order chi connectivity index (χ1) is 8.95. The second-order valence-corrected chi connectivity index (χ2v) is 5.51. The van der Waals surface area contributed by atoms with Crippen LogP contribution in [0.15, 0.2) is 30.5 Å². The molecule has 0 aliphatic rings. The molecule has 0 saturated carbocycles. The van der Waals surface area contributed by atoms with Gasteiger partial charge in [0.25, 0.3) is 0 Å². The van der Waals surface area contributed by atoms with Gasteiger partial charge in [-0.25, -0.2) is 0 Å². The van der Waals surface area contributed by atoms with Crippen LogP contribution < -0.4 is 0 Å². The summed E-state index contributed by atoms with van der Waals surface area (Å²) in [5.74, 6) is -0.0431. The quantitative estimate of drug-likeness (QED) is 0.793. The molecule has 0 aliphatic carbocycles. The fourth-order valence-electron chi connectivity index (χ4n) is 1.74. The number of Topliss-reactive ketones (excluding diaryl/α,β-unsaturated/α-hetero) is 1. The molecule has 3 nitrogen and oxygen atoms in total. The Morgan fingerprint density at radius 2 is 1.89 bits per heavy atom. The highest BCUT2D eigenvalue weighted by atomic mass is 35.5. The van der Waals surface area contributed by atoms with Crippen LogP contribution in [0.25, 0.3) is 0 Å². The molecule has 1 heterocycles. The van der Waals surface area contributed by atoms with Crippen molar-refractivity contribution in [2.75, 3.05) is 0 Å². The Kier molecular flexibility index (Phi) is 4.27. The summed E-state index contributed by atoms with van der Waals surface area (Å²) in [5, 5.41) is 5.27. The number of aromatic nitrogens is 2. The van der Waals surface area contributed by atoms with Crippen molar-refractivity contribution in [3.63, 3.8) is 0 Å². The largest absolute Gasteiger partial charge is 0.294 e. The lowest BCUT2D eigenvalue weighted by atomic mass is 10.1. The highest BCUT2D eigenvalue weighted by Gasteiger charge is 2.11. The Morgan fingerprint density at radius 3 is 2.42 bits per heavy atom. The fourth-order valence-corrected chi connectivity index (χ4v) is 2.27. The molecule has 0 amide bonds. The van der Waals surface area contributed by atoms with Crippen LogP contribution in [0.4, 0.5) is 0 Å². The molecule has 0 bridgehead atoms. The van der Waals surface area contributed by atoms with E-state index in [9.17, 15) is 4.79 Å². The SMILES string of the molecule is CC(C)n1ccc(CC(=O)c2cc(Cl)cc(Cl)c2)n1. The van der Waals surface area contributed by atoms with E-state index >= 15 is 0 Å². The summed E-state index contributed by atoms with van der Waals surface area (Å²) in [6, 6.07) is 6.98. The van der Waals surface area contributed by atoms with Crippen LogP contribution in [-0.2, 0) is 6.42 Å². The third-order valence-corrected chi connectivity index (χ3v) is 3.16. The molecule has 0 atom stereocenters. The van der Waals surface area contributed by atoms with Gasteiger partial charge in [0.2, 0.25) is 0 Å². The van der Waals surface area contributed by atoms with E-state index in [2.05, 4.69) is 5.10 Å². The standard InChI is InChI=1S/C14H14Cl2N2O/c1-9(2)18-4-3-13(17-18)8-14(19)10-5-11(15)7-12(16)6-10/h3-7,9H,8H2,1-2H3. The van der Waals surface area contributed by atoms with Gasteiger partial charge in [0, 0.05) is 27.8 Å². The number of benzene rings is 1. The van der Waals surface area contributed by atoms with Gasteiger partial charge >= 0.3 is 0 Å². The second-order valence-electron chi connectivity index (χ2n) is 4.64. The summed E-state index contributed by atoms with van der Waals surface area (Å²) >= 11 is 11.8. The molecule has 19 heavy (non-hydrogen) atoms. The van der Waals surface area contributed by atoms with Crippen LogP contribution in [0.1, 0.15) is 35.9 Å². The predicted octanol–water partition coefficient (Wildman–Crippen LogP) is 4.20. The average molecular weight is 297 g/mol. The van der Waals surface area contributed by atoms with E-state index in [1.165, 1.54) is 0 Å². The van der Waals surface area contributed by atoms with Crippen molar-refractivity contribution in [2.45, 2.75) is 26.3 Å². The summed E-state index contributed by atoms with van der Waals surface area (Å²) < 4.78 is 1.83. The minimum atomic E-state index is -0.0431. The summed E-state index contributed by atoms with van der Waals surface area (Å²) in [4.78, 5) is 12.1. The molecule has 0 radical (unpaired) electrons. The van der Waals surface area contributed by atoms with Crippen LogP contribution in [0.2, 0.25) is 10.0 Å². The van der Waals surface area contributed by atoms with Gasteiger partial charge in [0.15, 0.2) is 5.78 Å². The maximum atomic E-state index is 12.1. The molecule has 5 heteroatoms. The monoisotopic (exact) mass is 296 g/mol. The van der Waals surface area contributed by atoms with Gasteiger partial charge in [-0.3, -0.25) is 9.48 Å². The lowest BCUT2D eigenvalue weighted by Crippen LogP contribution is -2.06. The number of carbonyl (C=O) groups is 1. The summed E-state index contributed by atoms with van der Waals surface area (Å²) in [6.45, 7) is 4.07. The highest BCUT2D eigenvalue weighted by molar-refractivity contribution is 6.35. The average Bonchev–Trinajstić information content (AvgIpc) is 2.76. The first-order valence-electron chi connectivity index (χ1n) is 5.99. The number of hydrogen-bond acceptors (Lipinski definition) is 2. The number of halogens is 2. The van der Waals surface area contributed by atoms with E-state index in [1.807, 2.05) is 30.8 Å². The molecule has 1 aromatic heterocycles. The van der Waals surface area contributed by atoms with Crippen molar-refractivity contribution in [3.8, 4) is 0 Å². The third-order valence-electron chi connectivity index (χ3n) is 2.72. The maximum Gasteiger partial charge on any atom is 0.168 e. The Labute approximate surface area is 122 Å². The lowest BCUT2D eigenvalue weighted by molar-refractivity contribution is 0.0991. The van der Waals surface area contributed by atoms with Crippen molar-refractivity contribution in [2.24, 2.45) is 0 Å². The van der Waals surface area contributed by atoms with Crippen LogP contribution in [0.5, 0.6) is 0 Å². The fraction of sp³-hybridized carbons (Fsp3) is 0.286. The number of rotatable bonds is 4. The number of ketones is 1. The first-order valence-corrected chi connectivity index (χ1v) is 6.74. The van der Waals surface area contributed by atoms with E-state index < -0.39 is 0 Å². The van der Waals surface area contributed by atoms with Crippen molar-refractivity contribution in [3.05, 3.63) is 51.8 Å². The molecule has 0 unspecified atom stereocenters. The zero-order valence-electron chi connectivity index (χ0n) is 10.7. The molecule has 0 aliphatic heterocycles. The zero-order valence-corrected chi connectivity index (χ0v) is 12.2. The minimum absolute atomic E-state index is 0.0431. The van der Waals surface area contributed by atoms with Crippen LogP contribution in [0.3, 0.4) is 0 Å². The third kappa shape index (κ3) is 3.58. The van der Waals surface area contributed by atoms with Gasteiger partial charge in [-0.1, -0.05) is 23.2 Å². The molecule has 2 aromatic rings. The van der Waals surface area contributed by atoms with Gasteiger partial charge in [-0.2, -0.15) is 5.10 Å².